The Morgan fingerprint density at radius 2 is 2.00 bits per heavy atom. The maximum absolute atomic E-state index is 12.1. The van der Waals surface area contributed by atoms with Crippen LogP contribution in [0.2, 0.25) is 0 Å². The van der Waals surface area contributed by atoms with E-state index in [4.69, 9.17) is 5.11 Å². The summed E-state index contributed by atoms with van der Waals surface area (Å²) in [5, 5.41) is 8.91. The number of halogens is 4. The molecule has 0 aliphatic rings. The lowest BCUT2D eigenvalue weighted by Crippen LogP contribution is -2.30. The van der Waals surface area contributed by atoms with E-state index in [-0.39, 0.29) is 0 Å². The molecular weight excluding hydrogens is 273 g/mol. The van der Waals surface area contributed by atoms with Crippen LogP contribution in [0.15, 0.2) is 22.7 Å². The van der Waals surface area contributed by atoms with E-state index in [0.29, 0.717) is 5.56 Å². The molecule has 0 aliphatic carbocycles. The molecule has 5 heteroatoms. The van der Waals surface area contributed by atoms with Crippen LogP contribution < -0.4 is 0 Å². The zero-order valence-corrected chi connectivity index (χ0v) is 9.56. The molecule has 0 aliphatic heterocycles. The van der Waals surface area contributed by atoms with Gasteiger partial charge in [0.2, 0.25) is 0 Å². The van der Waals surface area contributed by atoms with E-state index in [1.165, 1.54) is 0 Å². The van der Waals surface area contributed by atoms with Gasteiger partial charge in [-0.05, 0) is 24.1 Å². The average molecular weight is 283 g/mol. The Bertz CT molecular complexity index is 349. The molecule has 15 heavy (non-hydrogen) atoms. The third kappa shape index (κ3) is 3.21. The van der Waals surface area contributed by atoms with E-state index < -0.39 is 18.7 Å². The lowest BCUT2D eigenvalue weighted by Gasteiger charge is -2.16. The number of hydrogen-bond acceptors (Lipinski definition) is 1. The van der Waals surface area contributed by atoms with E-state index in [9.17, 15) is 13.2 Å². The molecule has 0 amide bonds. The molecule has 0 heterocycles. The molecule has 1 rings (SSSR count). The molecule has 0 saturated heterocycles. The Hall–Kier alpha value is -0.550. The SMILES string of the molecule is Cc1c(Br)cccc1CC(O)C(F)(F)F. The molecule has 0 aromatic heterocycles. The topological polar surface area (TPSA) is 20.2 Å². The second-order valence-electron chi connectivity index (χ2n) is 3.29. The minimum atomic E-state index is -4.56. The van der Waals surface area contributed by atoms with Crippen LogP contribution in [0.4, 0.5) is 13.2 Å². The van der Waals surface area contributed by atoms with E-state index in [1.54, 1.807) is 25.1 Å². The minimum absolute atomic E-state index is 0.408. The van der Waals surface area contributed by atoms with Crippen molar-refractivity contribution in [3.63, 3.8) is 0 Å². The summed E-state index contributed by atoms with van der Waals surface area (Å²) in [5.41, 5.74) is 1.22. The van der Waals surface area contributed by atoms with Crippen molar-refractivity contribution in [1.29, 1.82) is 0 Å². The number of aliphatic hydroxyl groups excluding tert-OH is 1. The van der Waals surface area contributed by atoms with Gasteiger partial charge in [0.25, 0.3) is 0 Å². The van der Waals surface area contributed by atoms with Crippen LogP contribution in [0, 0.1) is 6.92 Å². The van der Waals surface area contributed by atoms with Crippen LogP contribution in [0.25, 0.3) is 0 Å². The van der Waals surface area contributed by atoms with Gasteiger partial charge in [-0.2, -0.15) is 13.2 Å². The number of alkyl halides is 3. The van der Waals surface area contributed by atoms with Gasteiger partial charge in [-0.25, -0.2) is 0 Å². The second kappa shape index (κ2) is 4.53. The molecule has 0 spiro atoms. The Morgan fingerprint density at radius 3 is 2.53 bits per heavy atom. The van der Waals surface area contributed by atoms with Gasteiger partial charge in [-0.15, -0.1) is 0 Å². The van der Waals surface area contributed by atoms with Crippen molar-refractivity contribution in [3.05, 3.63) is 33.8 Å². The van der Waals surface area contributed by atoms with E-state index in [0.717, 1.165) is 10.0 Å². The number of hydrogen-bond donors (Lipinski definition) is 1. The summed E-state index contributed by atoms with van der Waals surface area (Å²) in [5.74, 6) is 0. The fourth-order valence-electron chi connectivity index (χ4n) is 1.20. The van der Waals surface area contributed by atoms with Crippen molar-refractivity contribution in [3.8, 4) is 0 Å². The van der Waals surface area contributed by atoms with Crippen LogP contribution >= 0.6 is 15.9 Å². The average Bonchev–Trinajstić information content (AvgIpc) is 2.11. The van der Waals surface area contributed by atoms with Crippen molar-refractivity contribution >= 4 is 15.9 Å². The predicted octanol–water partition coefficient (Wildman–Crippen LogP) is 3.22. The molecular formula is C10H10BrF3O. The van der Waals surface area contributed by atoms with Gasteiger partial charge >= 0.3 is 6.18 Å². The van der Waals surface area contributed by atoms with Crippen molar-refractivity contribution < 1.29 is 18.3 Å². The maximum Gasteiger partial charge on any atom is 0.414 e. The summed E-state index contributed by atoms with van der Waals surface area (Å²) in [4.78, 5) is 0. The van der Waals surface area contributed by atoms with Gasteiger partial charge < -0.3 is 5.11 Å². The summed E-state index contributed by atoms with van der Waals surface area (Å²) in [6.45, 7) is 1.71. The second-order valence-corrected chi connectivity index (χ2v) is 4.14. The van der Waals surface area contributed by atoms with Gasteiger partial charge in [0.15, 0.2) is 6.10 Å². The van der Waals surface area contributed by atoms with Crippen molar-refractivity contribution in [2.45, 2.75) is 25.6 Å². The largest absolute Gasteiger partial charge is 0.414 e. The summed E-state index contributed by atoms with van der Waals surface area (Å²) < 4.78 is 37.1. The summed E-state index contributed by atoms with van der Waals surface area (Å²) >= 11 is 3.22. The van der Waals surface area contributed by atoms with E-state index in [1.807, 2.05) is 0 Å². The Morgan fingerprint density at radius 1 is 1.40 bits per heavy atom. The predicted molar refractivity (Wildman–Crippen MR) is 54.6 cm³/mol. The fourth-order valence-corrected chi connectivity index (χ4v) is 1.60. The fraction of sp³-hybridized carbons (Fsp3) is 0.400. The molecule has 0 radical (unpaired) electrons. The molecule has 1 unspecified atom stereocenters. The van der Waals surface area contributed by atoms with Gasteiger partial charge in [0.1, 0.15) is 0 Å². The Kier molecular flexibility index (Phi) is 3.78. The molecule has 0 bridgehead atoms. The van der Waals surface area contributed by atoms with Crippen molar-refractivity contribution in [2.75, 3.05) is 0 Å². The van der Waals surface area contributed by atoms with Crippen molar-refractivity contribution in [1.82, 2.24) is 0 Å². The molecule has 1 aromatic carbocycles. The summed E-state index contributed by atoms with van der Waals surface area (Å²) in [6, 6.07) is 4.98. The highest BCUT2D eigenvalue weighted by molar-refractivity contribution is 9.10. The standard InChI is InChI=1S/C10H10BrF3O/c1-6-7(3-2-4-8(6)11)5-9(15)10(12,13)14/h2-4,9,15H,5H2,1H3. The van der Waals surface area contributed by atoms with Crippen LogP contribution in [0.3, 0.4) is 0 Å². The first-order chi connectivity index (χ1) is 6.82. The van der Waals surface area contributed by atoms with Crippen LogP contribution in [-0.4, -0.2) is 17.4 Å². The highest BCUT2D eigenvalue weighted by Crippen LogP contribution is 2.26. The maximum atomic E-state index is 12.1. The third-order valence-electron chi connectivity index (χ3n) is 2.17. The first kappa shape index (κ1) is 12.5. The highest BCUT2D eigenvalue weighted by atomic mass is 79.9. The monoisotopic (exact) mass is 282 g/mol. The molecule has 1 aromatic rings. The van der Waals surface area contributed by atoms with Crippen LogP contribution in [-0.2, 0) is 6.42 Å². The van der Waals surface area contributed by atoms with E-state index >= 15 is 0 Å². The van der Waals surface area contributed by atoms with E-state index in [2.05, 4.69) is 15.9 Å². The normalized spacial score (nSPS) is 14.0. The van der Waals surface area contributed by atoms with Gasteiger partial charge in [0, 0.05) is 10.9 Å². The van der Waals surface area contributed by atoms with Gasteiger partial charge in [-0.3, -0.25) is 0 Å². The molecule has 1 atom stereocenters. The lowest BCUT2D eigenvalue weighted by atomic mass is 10.0. The minimum Gasteiger partial charge on any atom is -0.383 e. The third-order valence-corrected chi connectivity index (χ3v) is 3.03. The quantitative estimate of drug-likeness (QED) is 0.883. The van der Waals surface area contributed by atoms with Crippen molar-refractivity contribution in [2.24, 2.45) is 0 Å². The zero-order valence-electron chi connectivity index (χ0n) is 7.98. The number of benzene rings is 1. The summed E-state index contributed by atoms with van der Waals surface area (Å²) in [6.07, 6.45) is -7.27. The molecule has 0 saturated carbocycles. The Balaban J connectivity index is 2.86. The highest BCUT2D eigenvalue weighted by Gasteiger charge is 2.38. The van der Waals surface area contributed by atoms with Crippen LogP contribution in [0.5, 0.6) is 0 Å². The lowest BCUT2D eigenvalue weighted by molar-refractivity contribution is -0.203. The smallest absolute Gasteiger partial charge is 0.383 e. The molecule has 0 fully saturated rings. The summed E-state index contributed by atoms with van der Waals surface area (Å²) in [7, 11) is 0. The molecule has 84 valence electrons. The van der Waals surface area contributed by atoms with Gasteiger partial charge in [-0.1, -0.05) is 28.1 Å². The number of aliphatic hydroxyl groups is 1. The van der Waals surface area contributed by atoms with Crippen LogP contribution in [0.1, 0.15) is 11.1 Å². The number of rotatable bonds is 2. The Labute approximate surface area is 94.0 Å². The zero-order chi connectivity index (χ0) is 11.6. The first-order valence-corrected chi connectivity index (χ1v) is 5.10. The molecule has 1 N–H and O–H groups in total. The molecule has 1 nitrogen and oxygen atoms in total. The van der Waals surface area contributed by atoms with Gasteiger partial charge in [0.05, 0.1) is 0 Å². The first-order valence-electron chi connectivity index (χ1n) is 4.31.